The van der Waals surface area contributed by atoms with E-state index < -0.39 is 0 Å². The van der Waals surface area contributed by atoms with Crippen LogP contribution in [0.1, 0.15) is 43.0 Å². The van der Waals surface area contributed by atoms with Crippen molar-refractivity contribution < 1.29 is 4.39 Å². The van der Waals surface area contributed by atoms with Crippen LogP contribution in [0, 0.1) is 18.7 Å². The molecule has 6 N–H and O–H groups in total. The highest BCUT2D eigenvalue weighted by Crippen LogP contribution is 2.35. The van der Waals surface area contributed by atoms with Crippen LogP contribution in [-0.4, -0.2) is 33.3 Å². The number of fused-ring (bicyclic) bond motifs is 1. The predicted octanol–water partition coefficient (Wildman–Crippen LogP) is 7.42. The Kier molecular flexibility index (Phi) is 7.63. The molecule has 6 rings (SSSR count). The Balaban J connectivity index is 1.28. The summed E-state index contributed by atoms with van der Waals surface area (Å²) in [6.45, 7) is 10.4. The SMILES string of the molecule is C=C(CC1CCNCC1)Nc1cncc(-c2ccc3[nH]nc(-c4cc(/C(=C\C)c5cc(N)cc(F)c5)c(C)[nH]4)c3c2)c1. The minimum Gasteiger partial charge on any atom is -0.399 e. The summed E-state index contributed by atoms with van der Waals surface area (Å²) < 4.78 is 14.2. The molecule has 4 heterocycles. The number of hydrogen-bond donors (Lipinski definition) is 5. The summed E-state index contributed by atoms with van der Waals surface area (Å²) >= 11 is 0. The maximum Gasteiger partial charge on any atom is 0.125 e. The molecule has 1 aliphatic rings. The van der Waals surface area contributed by atoms with Crippen molar-refractivity contribution in [3.8, 4) is 22.5 Å². The van der Waals surface area contributed by atoms with Crippen molar-refractivity contribution in [2.75, 3.05) is 24.1 Å². The lowest BCUT2D eigenvalue weighted by atomic mass is 9.93. The molecule has 7 nitrogen and oxygen atoms in total. The average Bonchev–Trinajstić information content (AvgIpc) is 3.56. The van der Waals surface area contributed by atoms with E-state index in [1.54, 1.807) is 6.07 Å². The second-order valence-electron chi connectivity index (χ2n) is 11.1. The molecular weight excluding hydrogens is 525 g/mol. The maximum absolute atomic E-state index is 14.2. The summed E-state index contributed by atoms with van der Waals surface area (Å²) in [4.78, 5) is 8.00. The summed E-state index contributed by atoms with van der Waals surface area (Å²) in [7, 11) is 0. The number of rotatable bonds is 8. The monoisotopic (exact) mass is 561 g/mol. The molecule has 2 aromatic carbocycles. The van der Waals surface area contributed by atoms with Crippen LogP contribution in [0.25, 0.3) is 39.0 Å². The third-order valence-electron chi connectivity index (χ3n) is 8.03. The third-order valence-corrected chi connectivity index (χ3v) is 8.03. The topological polar surface area (TPSA) is 107 Å². The molecule has 0 unspecified atom stereocenters. The number of nitrogens with zero attached hydrogens (tertiary/aromatic N) is 2. The molecular formula is C34H36FN7. The number of aryl methyl sites for hydroxylation is 1. The highest BCUT2D eigenvalue weighted by atomic mass is 19.1. The minimum absolute atomic E-state index is 0.358. The number of aromatic nitrogens is 4. The Hall–Kier alpha value is -4.69. The van der Waals surface area contributed by atoms with Gasteiger partial charge in [0.2, 0.25) is 0 Å². The number of pyridine rings is 1. The highest BCUT2D eigenvalue weighted by molar-refractivity contribution is 5.96. The van der Waals surface area contributed by atoms with E-state index in [4.69, 9.17) is 5.73 Å². The van der Waals surface area contributed by atoms with Crippen LogP contribution >= 0.6 is 0 Å². The fraction of sp³-hybridized carbons (Fsp3) is 0.235. The molecule has 1 saturated heterocycles. The third kappa shape index (κ3) is 5.71. The lowest BCUT2D eigenvalue weighted by molar-refractivity contribution is 0.373. The van der Waals surface area contributed by atoms with Crippen molar-refractivity contribution in [1.82, 2.24) is 25.5 Å². The van der Waals surface area contributed by atoms with Gasteiger partial charge in [-0.25, -0.2) is 4.39 Å². The van der Waals surface area contributed by atoms with Crippen molar-refractivity contribution in [2.24, 2.45) is 5.92 Å². The van der Waals surface area contributed by atoms with Crippen molar-refractivity contribution in [3.05, 3.63) is 102 Å². The van der Waals surface area contributed by atoms with Crippen molar-refractivity contribution in [3.63, 3.8) is 0 Å². The summed E-state index contributed by atoms with van der Waals surface area (Å²) in [5.74, 6) is 0.306. The van der Waals surface area contributed by atoms with E-state index in [1.807, 2.05) is 38.4 Å². The minimum atomic E-state index is -0.358. The molecule has 8 heteroatoms. The lowest BCUT2D eigenvalue weighted by Crippen LogP contribution is -2.28. The first kappa shape index (κ1) is 27.5. The van der Waals surface area contributed by atoms with Crippen LogP contribution in [0.4, 0.5) is 15.8 Å². The smallest absolute Gasteiger partial charge is 0.125 e. The first-order valence-electron chi connectivity index (χ1n) is 14.4. The normalized spacial score (nSPS) is 14.4. The van der Waals surface area contributed by atoms with Gasteiger partial charge in [-0.05, 0) is 111 Å². The van der Waals surface area contributed by atoms with Crippen molar-refractivity contribution in [1.29, 1.82) is 0 Å². The molecule has 1 aliphatic heterocycles. The molecule has 0 bridgehead atoms. The highest BCUT2D eigenvalue weighted by Gasteiger charge is 2.18. The first-order chi connectivity index (χ1) is 20.4. The van der Waals surface area contributed by atoms with Gasteiger partial charge in [-0.15, -0.1) is 0 Å². The van der Waals surface area contributed by atoms with E-state index in [-0.39, 0.29) is 5.82 Å². The quantitative estimate of drug-likeness (QED) is 0.127. The lowest BCUT2D eigenvalue weighted by Gasteiger charge is -2.23. The maximum atomic E-state index is 14.2. The number of H-pyrrole nitrogens is 2. The fourth-order valence-corrected chi connectivity index (χ4v) is 5.97. The van der Waals surface area contributed by atoms with Crippen LogP contribution in [-0.2, 0) is 0 Å². The Morgan fingerprint density at radius 1 is 1.10 bits per heavy atom. The number of allylic oxidation sites excluding steroid dienone is 2. The molecule has 0 aliphatic carbocycles. The Bertz CT molecular complexity index is 1770. The number of hydrogen-bond acceptors (Lipinski definition) is 5. The number of nitrogens with one attached hydrogen (secondary N) is 4. The fourth-order valence-electron chi connectivity index (χ4n) is 5.97. The van der Waals surface area contributed by atoms with E-state index in [0.29, 0.717) is 11.6 Å². The number of aromatic amines is 2. The van der Waals surface area contributed by atoms with Crippen LogP contribution in [0.3, 0.4) is 0 Å². The number of nitrogens with two attached hydrogens (primary N) is 1. The first-order valence-corrected chi connectivity index (χ1v) is 14.4. The zero-order valence-corrected chi connectivity index (χ0v) is 24.0. The number of nitrogen functional groups attached to an aromatic ring is 1. The molecule has 0 spiro atoms. The zero-order valence-electron chi connectivity index (χ0n) is 24.0. The Labute approximate surface area is 245 Å². The van der Waals surface area contributed by atoms with Gasteiger partial charge in [0.25, 0.3) is 0 Å². The second-order valence-corrected chi connectivity index (χ2v) is 11.1. The van der Waals surface area contributed by atoms with E-state index in [9.17, 15) is 4.39 Å². The van der Waals surface area contributed by atoms with Gasteiger partial charge in [-0.1, -0.05) is 18.7 Å². The van der Waals surface area contributed by atoms with Gasteiger partial charge in [-0.2, -0.15) is 5.10 Å². The van der Waals surface area contributed by atoms with Crippen molar-refractivity contribution >= 4 is 27.9 Å². The van der Waals surface area contributed by atoms with E-state index >= 15 is 0 Å². The van der Waals surface area contributed by atoms with Gasteiger partial charge in [0, 0.05) is 39.8 Å². The van der Waals surface area contributed by atoms with Crippen molar-refractivity contribution in [2.45, 2.75) is 33.1 Å². The number of benzene rings is 2. The second kappa shape index (κ2) is 11.7. The van der Waals surface area contributed by atoms with Crippen LogP contribution < -0.4 is 16.4 Å². The largest absolute Gasteiger partial charge is 0.399 e. The molecule has 0 radical (unpaired) electrons. The number of halogens is 1. The summed E-state index contributed by atoms with van der Waals surface area (Å²) in [6, 6.07) is 15.1. The van der Waals surface area contributed by atoms with Crippen LogP contribution in [0.15, 0.2) is 79.3 Å². The van der Waals surface area contributed by atoms with Gasteiger partial charge >= 0.3 is 0 Å². The van der Waals surface area contributed by atoms with E-state index in [2.05, 4.69) is 61.6 Å². The summed E-state index contributed by atoms with van der Waals surface area (Å²) in [5.41, 5.74) is 16.5. The molecule has 0 amide bonds. The van der Waals surface area contributed by atoms with Gasteiger partial charge < -0.3 is 21.4 Å². The van der Waals surface area contributed by atoms with Crippen LogP contribution in [0.2, 0.25) is 0 Å². The Morgan fingerprint density at radius 3 is 2.71 bits per heavy atom. The summed E-state index contributed by atoms with van der Waals surface area (Å²) in [6.07, 6.45) is 9.03. The molecule has 0 saturated carbocycles. The predicted molar refractivity (Wildman–Crippen MR) is 170 cm³/mol. The molecule has 1 fully saturated rings. The van der Waals surface area contributed by atoms with Gasteiger partial charge in [-0.3, -0.25) is 10.1 Å². The standard InChI is InChI=1S/C34H36FN7/c1-4-29(24-12-26(35)16-27(36)13-24)30-17-33(40-21(30)3)34-31-15-23(5-6-32(31)41-42-34)25-14-28(19-38-18-25)39-20(2)11-22-7-9-37-10-8-22/h4-6,12-19,22,37,39-40H,2,7-11,36H2,1,3H3,(H,41,42)/b29-4-. The number of piperidine rings is 1. The number of anilines is 2. The average molecular weight is 562 g/mol. The van der Waals surface area contributed by atoms with Gasteiger partial charge in [0.05, 0.1) is 23.1 Å². The molecule has 42 heavy (non-hydrogen) atoms. The molecule has 214 valence electrons. The molecule has 0 atom stereocenters. The Morgan fingerprint density at radius 2 is 1.93 bits per heavy atom. The zero-order chi connectivity index (χ0) is 29.2. The summed E-state index contributed by atoms with van der Waals surface area (Å²) in [5, 5.41) is 15.7. The molecule has 3 aromatic heterocycles. The van der Waals surface area contributed by atoms with Gasteiger partial charge in [0.1, 0.15) is 11.5 Å². The van der Waals surface area contributed by atoms with Crippen LogP contribution in [0.5, 0.6) is 0 Å². The van der Waals surface area contributed by atoms with Gasteiger partial charge in [0.15, 0.2) is 0 Å². The molecule has 5 aromatic rings. The van der Waals surface area contributed by atoms with E-state index in [0.717, 1.165) is 86.7 Å². The van der Waals surface area contributed by atoms with E-state index in [1.165, 1.54) is 25.0 Å².